The van der Waals surface area contributed by atoms with Crippen molar-refractivity contribution in [1.82, 2.24) is 4.72 Å². The monoisotopic (exact) mass is 468 g/mol. The van der Waals surface area contributed by atoms with Crippen LogP contribution in [0, 0.1) is 0 Å². The van der Waals surface area contributed by atoms with Crippen molar-refractivity contribution in [2.75, 3.05) is 18.5 Å². The molecule has 2 saturated heterocycles. The summed E-state index contributed by atoms with van der Waals surface area (Å²) < 4.78 is 45.0. The van der Waals surface area contributed by atoms with E-state index >= 15 is 0 Å². The first kappa shape index (κ1) is 21.8. The van der Waals surface area contributed by atoms with E-state index in [1.54, 1.807) is 30.3 Å². The van der Waals surface area contributed by atoms with Crippen LogP contribution in [0.15, 0.2) is 72.8 Å². The van der Waals surface area contributed by atoms with Crippen molar-refractivity contribution < 1.29 is 27.4 Å². The fourth-order valence-electron chi connectivity index (χ4n) is 4.34. The molecule has 0 bridgehead atoms. The maximum absolute atomic E-state index is 12.6. The van der Waals surface area contributed by atoms with Crippen LogP contribution in [0.1, 0.15) is 5.56 Å². The Labute approximate surface area is 191 Å². The molecule has 1 amide bonds. The predicted molar refractivity (Wildman–Crippen MR) is 123 cm³/mol. The number of anilines is 1. The Morgan fingerprint density at radius 1 is 0.909 bits per heavy atom. The summed E-state index contributed by atoms with van der Waals surface area (Å²) in [5.74, 6) is -0.130. The summed E-state index contributed by atoms with van der Waals surface area (Å²) in [5.41, 5.74) is 1.34. The van der Waals surface area contributed by atoms with Gasteiger partial charge >= 0.3 is 6.09 Å². The molecule has 2 heterocycles. The second-order valence-corrected chi connectivity index (χ2v) is 9.91. The fraction of sp³-hybridized carbons (Fsp3) is 0.292. The lowest BCUT2D eigenvalue weighted by atomic mass is 10.1. The summed E-state index contributed by atoms with van der Waals surface area (Å²) in [6.45, 7) is 0.281. The number of carbonyl (C=O) groups is 1. The molecule has 2 fully saturated rings. The highest BCUT2D eigenvalue weighted by atomic mass is 32.2. The number of hydrogen-bond donors (Lipinski definition) is 2. The number of fused-ring (bicyclic) bond motifs is 2. The fourth-order valence-corrected chi connectivity index (χ4v) is 5.72. The van der Waals surface area contributed by atoms with Crippen molar-refractivity contribution >= 4 is 32.6 Å². The standard InChI is InChI=1S/C24H24N2O6S/c27-24(25-19-12-6-10-17-9-4-5-11-18(17)19)32-21-14-31-22-20(13-30-23(21)22)26-33(28,29)15-16-7-2-1-3-8-16/h1-12,20-23,26H,13-15H2,(H,25,27). The van der Waals surface area contributed by atoms with Crippen LogP contribution in [0.25, 0.3) is 10.8 Å². The van der Waals surface area contributed by atoms with E-state index in [-0.39, 0.29) is 19.0 Å². The lowest BCUT2D eigenvalue weighted by molar-refractivity contribution is 0.00884. The lowest BCUT2D eigenvalue weighted by Crippen LogP contribution is -2.44. The van der Waals surface area contributed by atoms with Gasteiger partial charge in [0, 0.05) is 5.39 Å². The van der Waals surface area contributed by atoms with Crippen LogP contribution in [-0.4, -0.2) is 52.1 Å². The topological polar surface area (TPSA) is 103 Å². The van der Waals surface area contributed by atoms with Crippen LogP contribution in [0.2, 0.25) is 0 Å². The summed E-state index contributed by atoms with van der Waals surface area (Å²) in [4.78, 5) is 12.6. The molecule has 9 heteroatoms. The Bertz CT molecular complexity index is 1240. The highest BCUT2D eigenvalue weighted by molar-refractivity contribution is 7.88. The largest absolute Gasteiger partial charge is 0.441 e. The van der Waals surface area contributed by atoms with Gasteiger partial charge in [-0.1, -0.05) is 66.7 Å². The normalized spacial score (nSPS) is 24.5. The third kappa shape index (κ3) is 4.86. The molecule has 0 aliphatic carbocycles. The first-order valence-corrected chi connectivity index (χ1v) is 12.4. The number of nitrogens with one attached hydrogen (secondary N) is 2. The molecule has 0 radical (unpaired) electrons. The maximum atomic E-state index is 12.6. The summed E-state index contributed by atoms with van der Waals surface area (Å²) in [6.07, 6.45) is -2.30. The van der Waals surface area contributed by atoms with Gasteiger partial charge in [0.1, 0.15) is 12.2 Å². The van der Waals surface area contributed by atoms with Crippen LogP contribution in [0.3, 0.4) is 0 Å². The zero-order valence-electron chi connectivity index (χ0n) is 17.7. The van der Waals surface area contributed by atoms with Crippen LogP contribution < -0.4 is 10.0 Å². The molecule has 2 aliphatic rings. The van der Waals surface area contributed by atoms with E-state index in [0.717, 1.165) is 10.8 Å². The zero-order valence-corrected chi connectivity index (χ0v) is 18.5. The Balaban J connectivity index is 1.19. The third-order valence-electron chi connectivity index (χ3n) is 5.82. The number of benzene rings is 3. The smallest absolute Gasteiger partial charge is 0.412 e. The van der Waals surface area contributed by atoms with Gasteiger partial charge < -0.3 is 14.2 Å². The second kappa shape index (κ2) is 9.11. The summed E-state index contributed by atoms with van der Waals surface area (Å²) in [6, 6.07) is 21.8. The molecule has 0 spiro atoms. The zero-order chi connectivity index (χ0) is 22.8. The Morgan fingerprint density at radius 2 is 1.64 bits per heavy atom. The van der Waals surface area contributed by atoms with Gasteiger partial charge in [0.2, 0.25) is 10.0 Å². The number of amides is 1. The van der Waals surface area contributed by atoms with Gasteiger partial charge in [0.25, 0.3) is 0 Å². The van der Waals surface area contributed by atoms with E-state index in [1.165, 1.54) is 0 Å². The Kier molecular flexibility index (Phi) is 6.03. The number of rotatable bonds is 6. The van der Waals surface area contributed by atoms with E-state index < -0.39 is 40.5 Å². The summed E-state index contributed by atoms with van der Waals surface area (Å²) >= 11 is 0. The molecule has 172 valence electrons. The van der Waals surface area contributed by atoms with Crippen molar-refractivity contribution in [3.63, 3.8) is 0 Å². The highest BCUT2D eigenvalue weighted by Gasteiger charge is 2.50. The van der Waals surface area contributed by atoms with E-state index in [2.05, 4.69) is 10.0 Å². The van der Waals surface area contributed by atoms with Crippen molar-refractivity contribution in [3.05, 3.63) is 78.4 Å². The van der Waals surface area contributed by atoms with Gasteiger partial charge in [-0.15, -0.1) is 0 Å². The van der Waals surface area contributed by atoms with Crippen molar-refractivity contribution in [2.45, 2.75) is 30.1 Å². The van der Waals surface area contributed by atoms with E-state index in [4.69, 9.17) is 14.2 Å². The second-order valence-electron chi connectivity index (χ2n) is 8.16. The molecule has 0 aromatic heterocycles. The summed E-state index contributed by atoms with van der Waals surface area (Å²) in [7, 11) is -3.59. The highest BCUT2D eigenvalue weighted by Crippen LogP contribution is 2.30. The quantitative estimate of drug-likeness (QED) is 0.577. The molecule has 3 aromatic rings. The minimum atomic E-state index is -3.59. The molecular weight excluding hydrogens is 444 g/mol. The van der Waals surface area contributed by atoms with E-state index in [9.17, 15) is 13.2 Å². The molecular formula is C24H24N2O6S. The maximum Gasteiger partial charge on any atom is 0.412 e. The lowest BCUT2D eigenvalue weighted by Gasteiger charge is -2.18. The molecule has 2 N–H and O–H groups in total. The van der Waals surface area contributed by atoms with Gasteiger partial charge in [-0.3, -0.25) is 5.32 Å². The average molecular weight is 469 g/mol. The van der Waals surface area contributed by atoms with Gasteiger partial charge in [-0.05, 0) is 17.0 Å². The van der Waals surface area contributed by atoms with Crippen molar-refractivity contribution in [2.24, 2.45) is 0 Å². The van der Waals surface area contributed by atoms with E-state index in [1.807, 2.05) is 42.5 Å². The Hall–Kier alpha value is -2.98. The van der Waals surface area contributed by atoms with Crippen LogP contribution in [-0.2, 0) is 30.0 Å². The third-order valence-corrected chi connectivity index (χ3v) is 7.20. The van der Waals surface area contributed by atoms with Crippen LogP contribution in [0.5, 0.6) is 0 Å². The molecule has 4 atom stereocenters. The molecule has 2 aliphatic heterocycles. The molecule has 3 aromatic carbocycles. The first-order chi connectivity index (χ1) is 16.0. The predicted octanol–water partition coefficient (Wildman–Crippen LogP) is 3.04. The molecule has 33 heavy (non-hydrogen) atoms. The van der Waals surface area contributed by atoms with Gasteiger partial charge in [0.05, 0.1) is 30.7 Å². The van der Waals surface area contributed by atoms with Crippen molar-refractivity contribution in [1.29, 1.82) is 0 Å². The van der Waals surface area contributed by atoms with Crippen LogP contribution in [0.4, 0.5) is 10.5 Å². The van der Waals surface area contributed by atoms with E-state index in [0.29, 0.717) is 11.3 Å². The molecule has 0 saturated carbocycles. The number of hydrogen-bond acceptors (Lipinski definition) is 6. The Morgan fingerprint density at radius 3 is 2.48 bits per heavy atom. The van der Waals surface area contributed by atoms with Gasteiger partial charge in [-0.2, -0.15) is 0 Å². The molecule has 8 nitrogen and oxygen atoms in total. The molecule has 4 unspecified atom stereocenters. The number of ether oxygens (including phenoxy) is 3. The van der Waals surface area contributed by atoms with Crippen LogP contribution >= 0.6 is 0 Å². The molecule has 5 rings (SSSR count). The SMILES string of the molecule is O=C(Nc1cccc2ccccc12)OC1COC2C(NS(=O)(=O)Cc3ccccc3)COC12. The number of carbonyl (C=O) groups excluding carboxylic acids is 1. The minimum absolute atomic E-state index is 0.130. The van der Waals surface area contributed by atoms with Gasteiger partial charge in [-0.25, -0.2) is 17.9 Å². The average Bonchev–Trinajstić information content (AvgIpc) is 3.37. The summed E-state index contributed by atoms with van der Waals surface area (Å²) in [5, 5.41) is 4.69. The first-order valence-electron chi connectivity index (χ1n) is 10.7. The van der Waals surface area contributed by atoms with Gasteiger partial charge in [0.15, 0.2) is 6.10 Å². The number of sulfonamides is 1. The van der Waals surface area contributed by atoms with Crippen molar-refractivity contribution in [3.8, 4) is 0 Å². The minimum Gasteiger partial charge on any atom is -0.441 e.